The number of aromatic nitrogens is 1. The van der Waals surface area contributed by atoms with Gasteiger partial charge in [-0.2, -0.15) is 0 Å². The van der Waals surface area contributed by atoms with Crippen LogP contribution >= 0.6 is 0 Å². The Labute approximate surface area is 113 Å². The molecule has 1 aromatic rings. The fraction of sp³-hybridized carbons (Fsp3) is 0.706. The van der Waals surface area contributed by atoms with Gasteiger partial charge in [0, 0.05) is 12.4 Å². The third-order valence-corrected chi connectivity index (χ3v) is 3.74. The minimum absolute atomic E-state index is 0.761. The summed E-state index contributed by atoms with van der Waals surface area (Å²) in [6.45, 7) is 4.56. The summed E-state index contributed by atoms with van der Waals surface area (Å²) in [5.41, 5.74) is 1.50. The van der Waals surface area contributed by atoms with Crippen LogP contribution in [0.25, 0.3) is 0 Å². The fourth-order valence-corrected chi connectivity index (χ4v) is 2.57. The number of hydrogen-bond acceptors (Lipinski definition) is 1. The Morgan fingerprint density at radius 3 is 2.00 bits per heavy atom. The molecule has 102 valence electrons. The van der Waals surface area contributed by atoms with E-state index >= 15 is 0 Å². The second-order valence-electron chi connectivity index (χ2n) is 5.32. The van der Waals surface area contributed by atoms with E-state index < -0.39 is 0 Å². The van der Waals surface area contributed by atoms with Gasteiger partial charge in [-0.15, -0.1) is 0 Å². The van der Waals surface area contributed by atoms with Gasteiger partial charge in [-0.05, 0) is 36.5 Å². The highest BCUT2D eigenvalue weighted by Gasteiger charge is 2.10. The van der Waals surface area contributed by atoms with E-state index in [1.807, 2.05) is 12.4 Å². The zero-order valence-electron chi connectivity index (χ0n) is 12.2. The third kappa shape index (κ3) is 6.18. The van der Waals surface area contributed by atoms with Gasteiger partial charge in [-0.1, -0.05) is 58.8 Å². The number of nitrogens with zero attached hydrogens (tertiary/aromatic N) is 1. The number of pyridine rings is 1. The van der Waals surface area contributed by atoms with Crippen LogP contribution in [0, 0.1) is 0 Å². The molecule has 1 nitrogen and oxygen atoms in total. The number of rotatable bonds is 10. The molecule has 1 unspecified atom stereocenters. The van der Waals surface area contributed by atoms with Crippen LogP contribution in [0.5, 0.6) is 0 Å². The second kappa shape index (κ2) is 10.1. The Bertz CT molecular complexity index is 281. The van der Waals surface area contributed by atoms with Gasteiger partial charge in [0.05, 0.1) is 0 Å². The molecule has 1 rings (SSSR count). The molecule has 1 heteroatoms. The molecule has 0 saturated heterocycles. The van der Waals surface area contributed by atoms with Gasteiger partial charge in [0.25, 0.3) is 0 Å². The van der Waals surface area contributed by atoms with Crippen LogP contribution in [0.1, 0.15) is 83.1 Å². The molecular formula is C17H29N. The Morgan fingerprint density at radius 2 is 1.39 bits per heavy atom. The maximum Gasteiger partial charge on any atom is 0.0270 e. The molecule has 0 radical (unpaired) electrons. The quantitative estimate of drug-likeness (QED) is 0.482. The zero-order chi connectivity index (χ0) is 13.1. The summed E-state index contributed by atoms with van der Waals surface area (Å²) in [5, 5.41) is 0. The van der Waals surface area contributed by atoms with E-state index in [0.717, 1.165) is 5.92 Å². The molecular weight excluding hydrogens is 218 g/mol. The molecule has 0 aliphatic rings. The lowest BCUT2D eigenvalue weighted by molar-refractivity contribution is 0.501. The minimum atomic E-state index is 0.761. The van der Waals surface area contributed by atoms with Crippen LogP contribution in [-0.2, 0) is 0 Å². The van der Waals surface area contributed by atoms with Crippen molar-refractivity contribution in [2.24, 2.45) is 0 Å². The predicted molar refractivity (Wildman–Crippen MR) is 79.9 cm³/mol. The van der Waals surface area contributed by atoms with Gasteiger partial charge < -0.3 is 0 Å². The number of hydrogen-bond donors (Lipinski definition) is 0. The van der Waals surface area contributed by atoms with E-state index in [2.05, 4.69) is 31.0 Å². The van der Waals surface area contributed by atoms with Crippen LogP contribution in [0.3, 0.4) is 0 Å². The van der Waals surface area contributed by atoms with Crippen molar-refractivity contribution in [3.8, 4) is 0 Å². The molecule has 0 saturated carbocycles. The molecule has 1 atom stereocenters. The molecule has 18 heavy (non-hydrogen) atoms. The highest BCUT2D eigenvalue weighted by molar-refractivity contribution is 5.15. The van der Waals surface area contributed by atoms with Crippen molar-refractivity contribution in [2.45, 2.75) is 77.6 Å². The molecule has 0 N–H and O–H groups in total. The van der Waals surface area contributed by atoms with Gasteiger partial charge in [0.15, 0.2) is 0 Å². The van der Waals surface area contributed by atoms with Crippen LogP contribution in [0.2, 0.25) is 0 Å². The maximum absolute atomic E-state index is 4.13. The summed E-state index contributed by atoms with van der Waals surface area (Å²) in [5.74, 6) is 0.761. The largest absolute Gasteiger partial charge is 0.265 e. The molecule has 1 heterocycles. The van der Waals surface area contributed by atoms with Crippen molar-refractivity contribution >= 4 is 0 Å². The molecule has 0 bridgehead atoms. The SMILES string of the molecule is CCCCCCC(CCCCC)c1ccncc1. The normalized spacial score (nSPS) is 12.6. The van der Waals surface area contributed by atoms with Crippen LogP contribution < -0.4 is 0 Å². The van der Waals surface area contributed by atoms with Crippen LogP contribution in [0.15, 0.2) is 24.5 Å². The van der Waals surface area contributed by atoms with Gasteiger partial charge in [0.1, 0.15) is 0 Å². The van der Waals surface area contributed by atoms with Crippen molar-refractivity contribution in [3.63, 3.8) is 0 Å². The third-order valence-electron chi connectivity index (χ3n) is 3.74. The highest BCUT2D eigenvalue weighted by atomic mass is 14.6. The van der Waals surface area contributed by atoms with E-state index in [1.54, 1.807) is 0 Å². The van der Waals surface area contributed by atoms with Gasteiger partial charge >= 0.3 is 0 Å². The van der Waals surface area contributed by atoms with Gasteiger partial charge in [0.2, 0.25) is 0 Å². The molecule has 0 aliphatic heterocycles. The van der Waals surface area contributed by atoms with E-state index in [-0.39, 0.29) is 0 Å². The molecule has 0 aromatic carbocycles. The summed E-state index contributed by atoms with van der Waals surface area (Å²) in [6.07, 6.45) is 16.1. The Kier molecular flexibility index (Phi) is 8.54. The Balaban J connectivity index is 2.42. The monoisotopic (exact) mass is 247 g/mol. The van der Waals surface area contributed by atoms with Crippen LogP contribution in [-0.4, -0.2) is 4.98 Å². The summed E-state index contributed by atoms with van der Waals surface area (Å²) in [6, 6.07) is 4.41. The minimum Gasteiger partial charge on any atom is -0.265 e. The lowest BCUT2D eigenvalue weighted by atomic mass is 9.89. The van der Waals surface area contributed by atoms with Crippen molar-refractivity contribution in [2.75, 3.05) is 0 Å². The topological polar surface area (TPSA) is 12.9 Å². The predicted octanol–water partition coefficient (Wildman–Crippen LogP) is 5.72. The van der Waals surface area contributed by atoms with E-state index in [1.165, 1.54) is 63.4 Å². The first-order valence-electron chi connectivity index (χ1n) is 7.78. The van der Waals surface area contributed by atoms with E-state index in [0.29, 0.717) is 0 Å². The van der Waals surface area contributed by atoms with E-state index in [4.69, 9.17) is 0 Å². The lowest BCUT2D eigenvalue weighted by Gasteiger charge is -2.17. The summed E-state index contributed by atoms with van der Waals surface area (Å²) in [7, 11) is 0. The zero-order valence-corrected chi connectivity index (χ0v) is 12.2. The van der Waals surface area contributed by atoms with Crippen LogP contribution in [0.4, 0.5) is 0 Å². The molecule has 0 fully saturated rings. The van der Waals surface area contributed by atoms with Gasteiger partial charge in [-0.25, -0.2) is 0 Å². The summed E-state index contributed by atoms with van der Waals surface area (Å²) in [4.78, 5) is 4.13. The summed E-state index contributed by atoms with van der Waals surface area (Å²) < 4.78 is 0. The Morgan fingerprint density at radius 1 is 0.833 bits per heavy atom. The average molecular weight is 247 g/mol. The second-order valence-corrected chi connectivity index (χ2v) is 5.32. The molecule has 1 aromatic heterocycles. The smallest absolute Gasteiger partial charge is 0.0270 e. The molecule has 0 spiro atoms. The first-order valence-corrected chi connectivity index (χ1v) is 7.78. The molecule has 0 aliphatic carbocycles. The standard InChI is InChI=1S/C17H29N/c1-3-5-7-9-11-16(10-8-6-4-2)17-12-14-18-15-13-17/h12-16H,3-11H2,1-2H3. The number of unbranched alkanes of at least 4 members (excludes halogenated alkanes) is 5. The maximum atomic E-state index is 4.13. The Hall–Kier alpha value is -0.850. The van der Waals surface area contributed by atoms with Gasteiger partial charge in [-0.3, -0.25) is 4.98 Å². The summed E-state index contributed by atoms with van der Waals surface area (Å²) >= 11 is 0. The van der Waals surface area contributed by atoms with Crippen molar-refractivity contribution < 1.29 is 0 Å². The van der Waals surface area contributed by atoms with Crippen molar-refractivity contribution in [1.29, 1.82) is 0 Å². The van der Waals surface area contributed by atoms with E-state index in [9.17, 15) is 0 Å². The van der Waals surface area contributed by atoms with Crippen molar-refractivity contribution in [3.05, 3.63) is 30.1 Å². The lowest BCUT2D eigenvalue weighted by Crippen LogP contribution is -2.00. The first-order chi connectivity index (χ1) is 8.88. The average Bonchev–Trinajstić information content (AvgIpc) is 2.42. The molecule has 0 amide bonds. The van der Waals surface area contributed by atoms with Crippen molar-refractivity contribution in [1.82, 2.24) is 4.98 Å². The fourth-order valence-electron chi connectivity index (χ4n) is 2.57. The highest BCUT2D eigenvalue weighted by Crippen LogP contribution is 2.27. The first kappa shape index (κ1) is 15.2.